The number of fused-ring (bicyclic) bond motifs is 1. The third-order valence-electron chi connectivity index (χ3n) is 5.88. The van der Waals surface area contributed by atoms with Crippen molar-refractivity contribution >= 4 is 11.8 Å². The molecule has 6 nitrogen and oxygen atoms in total. The quantitative estimate of drug-likeness (QED) is 0.414. The number of hydrogen-bond acceptors (Lipinski definition) is 4. The van der Waals surface area contributed by atoms with E-state index in [1.165, 1.54) is 4.90 Å². The number of H-pyrrole nitrogens is 1. The molecule has 4 aromatic rings. The number of methoxy groups -OCH3 is 1. The summed E-state index contributed by atoms with van der Waals surface area (Å²) in [5.74, 6) is 1.13. The zero-order chi connectivity index (χ0) is 22.8. The minimum atomic E-state index is -0.224. The first-order valence-corrected chi connectivity index (χ1v) is 10.9. The van der Waals surface area contributed by atoms with Gasteiger partial charge in [0.05, 0.1) is 29.6 Å². The van der Waals surface area contributed by atoms with E-state index in [9.17, 15) is 9.59 Å². The number of rotatable bonds is 7. The molecule has 0 spiro atoms. The molecule has 3 aromatic carbocycles. The summed E-state index contributed by atoms with van der Waals surface area (Å²) < 4.78 is 5.28. The Hall–Kier alpha value is -4.19. The average molecular weight is 437 g/mol. The molecule has 2 heterocycles. The number of benzene rings is 3. The van der Waals surface area contributed by atoms with Crippen molar-refractivity contribution in [2.75, 3.05) is 13.7 Å². The summed E-state index contributed by atoms with van der Waals surface area (Å²) in [6.45, 7) is 0.349. The largest absolute Gasteiger partial charge is 0.497 e. The van der Waals surface area contributed by atoms with Crippen LogP contribution in [0.5, 0.6) is 5.75 Å². The molecule has 33 heavy (non-hydrogen) atoms. The highest BCUT2D eigenvalue weighted by Gasteiger charge is 2.34. The lowest BCUT2D eigenvalue weighted by molar-refractivity contribution is 0.0652. The van der Waals surface area contributed by atoms with Crippen LogP contribution in [0.25, 0.3) is 22.6 Å². The molecular weight excluding hydrogens is 414 g/mol. The molecule has 164 valence electrons. The molecule has 1 aliphatic rings. The van der Waals surface area contributed by atoms with Gasteiger partial charge in [0.25, 0.3) is 11.8 Å². The number of amides is 2. The van der Waals surface area contributed by atoms with Gasteiger partial charge in [-0.2, -0.15) is 0 Å². The fraction of sp³-hybridized carbons (Fsp3) is 0.148. The van der Waals surface area contributed by atoms with Crippen LogP contribution in [0.1, 0.15) is 32.8 Å². The maximum atomic E-state index is 12.7. The number of imide groups is 1. The lowest BCUT2D eigenvalue weighted by atomic mass is 10.1. The summed E-state index contributed by atoms with van der Waals surface area (Å²) in [6, 6.07) is 24.8. The standard InChI is InChI=1S/C27H23N3O3/c1-33-20-15-13-18(14-16-20)24-23(28-25(29-24)19-8-3-2-4-9-19)12-7-17-30-26(31)21-10-5-6-11-22(21)27(30)32/h2-6,8-11,13-16H,7,12,17H2,1H3,(H,28,29). The van der Waals surface area contributed by atoms with Crippen molar-refractivity contribution in [3.63, 3.8) is 0 Å². The number of hydrogen-bond donors (Lipinski definition) is 1. The highest BCUT2D eigenvalue weighted by molar-refractivity contribution is 6.21. The van der Waals surface area contributed by atoms with E-state index >= 15 is 0 Å². The van der Waals surface area contributed by atoms with Gasteiger partial charge in [0.2, 0.25) is 0 Å². The van der Waals surface area contributed by atoms with E-state index < -0.39 is 0 Å². The predicted octanol–water partition coefficient (Wildman–Crippen LogP) is 4.98. The number of nitrogens with one attached hydrogen (secondary N) is 1. The van der Waals surface area contributed by atoms with Crippen LogP contribution in [-0.2, 0) is 6.42 Å². The SMILES string of the molecule is COc1ccc(-c2[nH]c(-c3ccccc3)nc2CCCN2C(=O)c3ccccc3C2=O)cc1. The van der Waals surface area contributed by atoms with Crippen molar-refractivity contribution in [2.45, 2.75) is 12.8 Å². The Kier molecular flexibility index (Phi) is 5.48. The first-order chi connectivity index (χ1) is 16.2. The van der Waals surface area contributed by atoms with Gasteiger partial charge < -0.3 is 9.72 Å². The topological polar surface area (TPSA) is 75.3 Å². The molecule has 1 aromatic heterocycles. The van der Waals surface area contributed by atoms with E-state index in [0.717, 1.165) is 34.1 Å². The Morgan fingerprint density at radius 1 is 0.818 bits per heavy atom. The van der Waals surface area contributed by atoms with E-state index in [2.05, 4.69) is 4.98 Å². The monoisotopic (exact) mass is 437 g/mol. The molecule has 0 saturated carbocycles. The highest BCUT2D eigenvalue weighted by atomic mass is 16.5. The maximum absolute atomic E-state index is 12.7. The second-order valence-electron chi connectivity index (χ2n) is 7.91. The van der Waals surface area contributed by atoms with Gasteiger partial charge in [0, 0.05) is 17.7 Å². The van der Waals surface area contributed by atoms with Gasteiger partial charge in [-0.05, 0) is 49.2 Å². The van der Waals surface area contributed by atoms with Gasteiger partial charge in [0.1, 0.15) is 11.6 Å². The highest BCUT2D eigenvalue weighted by Crippen LogP contribution is 2.29. The molecule has 0 atom stereocenters. The van der Waals surface area contributed by atoms with Crippen molar-refractivity contribution in [3.8, 4) is 28.4 Å². The molecule has 0 saturated heterocycles. The van der Waals surface area contributed by atoms with Gasteiger partial charge >= 0.3 is 0 Å². The third kappa shape index (κ3) is 3.91. The Morgan fingerprint density at radius 3 is 2.09 bits per heavy atom. The number of nitrogens with zero attached hydrogens (tertiary/aromatic N) is 2. The summed E-state index contributed by atoms with van der Waals surface area (Å²) in [5.41, 5.74) is 4.79. The van der Waals surface area contributed by atoms with E-state index in [4.69, 9.17) is 9.72 Å². The summed E-state index contributed by atoms with van der Waals surface area (Å²) in [7, 11) is 1.64. The number of carbonyl (C=O) groups excluding carboxylic acids is 2. The van der Waals surface area contributed by atoms with Crippen LogP contribution in [0.3, 0.4) is 0 Å². The molecule has 1 N–H and O–H groups in total. The Morgan fingerprint density at radius 2 is 1.45 bits per heavy atom. The van der Waals surface area contributed by atoms with Crippen molar-refractivity contribution in [1.29, 1.82) is 0 Å². The van der Waals surface area contributed by atoms with Crippen molar-refractivity contribution in [3.05, 3.63) is 95.7 Å². The van der Waals surface area contributed by atoms with Gasteiger partial charge in [-0.25, -0.2) is 4.98 Å². The van der Waals surface area contributed by atoms with Crippen LogP contribution < -0.4 is 4.74 Å². The summed E-state index contributed by atoms with van der Waals surface area (Å²) in [6.07, 6.45) is 1.24. The molecule has 0 unspecified atom stereocenters. The fourth-order valence-corrected chi connectivity index (χ4v) is 4.17. The minimum absolute atomic E-state index is 0.224. The van der Waals surface area contributed by atoms with Crippen LogP contribution in [0, 0.1) is 0 Å². The van der Waals surface area contributed by atoms with Crippen LogP contribution in [0.2, 0.25) is 0 Å². The lowest BCUT2D eigenvalue weighted by Crippen LogP contribution is -2.31. The van der Waals surface area contributed by atoms with Crippen LogP contribution in [0.15, 0.2) is 78.9 Å². The molecule has 5 rings (SSSR count). The summed E-state index contributed by atoms with van der Waals surface area (Å²) in [4.78, 5) is 35.0. The molecule has 6 heteroatoms. The molecule has 0 aliphatic carbocycles. The Balaban J connectivity index is 1.38. The fourth-order valence-electron chi connectivity index (χ4n) is 4.17. The van der Waals surface area contributed by atoms with Gasteiger partial charge in [-0.1, -0.05) is 42.5 Å². The zero-order valence-electron chi connectivity index (χ0n) is 18.2. The summed E-state index contributed by atoms with van der Waals surface area (Å²) in [5, 5.41) is 0. The Labute approximate surface area is 191 Å². The van der Waals surface area contributed by atoms with Crippen LogP contribution in [0.4, 0.5) is 0 Å². The van der Waals surface area contributed by atoms with Crippen molar-refractivity contribution in [1.82, 2.24) is 14.9 Å². The van der Waals surface area contributed by atoms with E-state index in [1.807, 2.05) is 54.6 Å². The summed E-state index contributed by atoms with van der Waals surface area (Å²) >= 11 is 0. The van der Waals surface area contributed by atoms with E-state index in [-0.39, 0.29) is 11.8 Å². The maximum Gasteiger partial charge on any atom is 0.261 e. The first-order valence-electron chi connectivity index (χ1n) is 10.9. The molecule has 0 bridgehead atoms. The smallest absolute Gasteiger partial charge is 0.261 e. The second-order valence-corrected chi connectivity index (χ2v) is 7.91. The first kappa shape index (κ1) is 20.7. The third-order valence-corrected chi connectivity index (χ3v) is 5.88. The number of imidazole rings is 1. The van der Waals surface area contributed by atoms with Crippen molar-refractivity contribution < 1.29 is 14.3 Å². The normalized spacial score (nSPS) is 12.8. The van der Waals surface area contributed by atoms with Crippen LogP contribution >= 0.6 is 0 Å². The van der Waals surface area contributed by atoms with Crippen molar-refractivity contribution in [2.24, 2.45) is 0 Å². The molecule has 2 amide bonds. The number of ether oxygens (including phenoxy) is 1. The van der Waals surface area contributed by atoms with E-state index in [1.54, 1.807) is 31.4 Å². The number of aromatic nitrogens is 2. The number of aryl methyl sites for hydroxylation is 1. The van der Waals surface area contributed by atoms with Gasteiger partial charge in [0.15, 0.2) is 0 Å². The molecule has 1 aliphatic heterocycles. The number of aromatic amines is 1. The van der Waals surface area contributed by atoms with Gasteiger partial charge in [-0.15, -0.1) is 0 Å². The zero-order valence-corrected chi connectivity index (χ0v) is 18.2. The molecule has 0 radical (unpaired) electrons. The minimum Gasteiger partial charge on any atom is -0.497 e. The van der Waals surface area contributed by atoms with E-state index in [0.29, 0.717) is 30.5 Å². The van der Waals surface area contributed by atoms with Gasteiger partial charge in [-0.3, -0.25) is 14.5 Å². The molecule has 0 fully saturated rings. The number of carbonyl (C=O) groups is 2. The second kappa shape index (κ2) is 8.74. The Bertz CT molecular complexity index is 1280. The van der Waals surface area contributed by atoms with Crippen LogP contribution in [-0.4, -0.2) is 40.3 Å². The average Bonchev–Trinajstić information content (AvgIpc) is 3.40. The lowest BCUT2D eigenvalue weighted by Gasteiger charge is -2.13. The molecular formula is C27H23N3O3. The predicted molar refractivity (Wildman–Crippen MR) is 126 cm³/mol.